The fourth-order valence-corrected chi connectivity index (χ4v) is 3.59. The molecule has 5 heteroatoms. The van der Waals surface area contributed by atoms with Gasteiger partial charge in [-0.2, -0.15) is 0 Å². The number of likely N-dealkylation sites (N-methyl/N-ethyl adjacent to an activating group) is 1. The Balaban J connectivity index is 1.86. The number of aryl methyl sites for hydroxylation is 2. The van der Waals surface area contributed by atoms with Crippen LogP contribution in [0.15, 0.2) is 78.9 Å². The van der Waals surface area contributed by atoms with Crippen molar-refractivity contribution < 1.29 is 14.3 Å². The Hall–Kier alpha value is -3.60. The Morgan fingerprint density at radius 1 is 0.875 bits per heavy atom. The second-order valence-electron chi connectivity index (χ2n) is 7.93. The first-order valence-electron chi connectivity index (χ1n) is 10.8. The molecule has 0 heterocycles. The van der Waals surface area contributed by atoms with E-state index in [1.807, 2.05) is 92.7 Å². The number of carbonyl (C=O) groups excluding carboxylic acids is 2. The summed E-state index contributed by atoms with van der Waals surface area (Å²) in [6.45, 7) is 4.19. The molecular weight excluding hydrogens is 400 g/mol. The van der Waals surface area contributed by atoms with E-state index in [0.717, 1.165) is 22.3 Å². The molecule has 0 fully saturated rings. The number of nitrogens with zero attached hydrogens (tertiary/aromatic N) is 1. The zero-order valence-electron chi connectivity index (χ0n) is 18.9. The number of amides is 2. The van der Waals surface area contributed by atoms with Crippen molar-refractivity contribution in [1.29, 1.82) is 0 Å². The van der Waals surface area contributed by atoms with Crippen LogP contribution >= 0.6 is 0 Å². The fourth-order valence-electron chi connectivity index (χ4n) is 3.59. The summed E-state index contributed by atoms with van der Waals surface area (Å²) in [6.07, 6.45) is 0.419. The molecule has 0 bridgehead atoms. The van der Waals surface area contributed by atoms with Crippen molar-refractivity contribution in [3.05, 3.63) is 101 Å². The Morgan fingerprint density at radius 2 is 1.56 bits per heavy atom. The van der Waals surface area contributed by atoms with Crippen molar-refractivity contribution >= 4 is 11.8 Å². The average molecular weight is 431 g/mol. The van der Waals surface area contributed by atoms with Gasteiger partial charge in [0.15, 0.2) is 6.61 Å². The highest BCUT2D eigenvalue weighted by Gasteiger charge is 2.30. The van der Waals surface area contributed by atoms with Crippen LogP contribution in [0.5, 0.6) is 5.75 Å². The van der Waals surface area contributed by atoms with Gasteiger partial charge in [-0.05, 0) is 37.1 Å². The zero-order valence-corrected chi connectivity index (χ0v) is 18.9. The van der Waals surface area contributed by atoms with Gasteiger partial charge in [0.1, 0.15) is 11.8 Å². The number of ether oxygens (including phenoxy) is 1. The summed E-state index contributed by atoms with van der Waals surface area (Å²) < 4.78 is 5.76. The summed E-state index contributed by atoms with van der Waals surface area (Å²) in [4.78, 5) is 27.9. The molecule has 0 aliphatic carbocycles. The van der Waals surface area contributed by atoms with Gasteiger partial charge >= 0.3 is 0 Å². The molecule has 3 aromatic rings. The predicted molar refractivity (Wildman–Crippen MR) is 126 cm³/mol. The predicted octanol–water partition coefficient (Wildman–Crippen LogP) is 4.07. The highest BCUT2D eigenvalue weighted by Crippen LogP contribution is 2.17. The molecule has 1 N–H and O–H groups in total. The maximum Gasteiger partial charge on any atom is 0.261 e. The van der Waals surface area contributed by atoms with Gasteiger partial charge in [-0.1, -0.05) is 77.9 Å². The van der Waals surface area contributed by atoms with Crippen molar-refractivity contribution in [3.63, 3.8) is 0 Å². The quantitative estimate of drug-likeness (QED) is 0.557. The van der Waals surface area contributed by atoms with Crippen LogP contribution in [-0.4, -0.2) is 36.4 Å². The number of hydrogen-bond acceptors (Lipinski definition) is 3. The van der Waals surface area contributed by atoms with E-state index in [1.165, 1.54) is 0 Å². The number of rotatable bonds is 9. The van der Waals surface area contributed by atoms with E-state index in [1.54, 1.807) is 11.9 Å². The van der Waals surface area contributed by atoms with Crippen molar-refractivity contribution in [2.75, 3.05) is 13.7 Å². The third-order valence-electron chi connectivity index (χ3n) is 5.34. The lowest BCUT2D eigenvalue weighted by molar-refractivity contribution is -0.142. The van der Waals surface area contributed by atoms with Crippen LogP contribution in [-0.2, 0) is 22.6 Å². The minimum Gasteiger partial charge on any atom is -0.484 e. The van der Waals surface area contributed by atoms with Gasteiger partial charge in [0.2, 0.25) is 5.91 Å². The smallest absolute Gasteiger partial charge is 0.261 e. The largest absolute Gasteiger partial charge is 0.484 e. The van der Waals surface area contributed by atoms with Gasteiger partial charge in [-0.15, -0.1) is 0 Å². The van der Waals surface area contributed by atoms with E-state index in [0.29, 0.717) is 18.7 Å². The van der Waals surface area contributed by atoms with Crippen molar-refractivity contribution in [2.24, 2.45) is 0 Å². The van der Waals surface area contributed by atoms with E-state index < -0.39 is 6.04 Å². The maximum absolute atomic E-state index is 13.3. The summed E-state index contributed by atoms with van der Waals surface area (Å²) in [6, 6.07) is 24.6. The molecule has 166 valence electrons. The van der Waals surface area contributed by atoms with Crippen molar-refractivity contribution in [1.82, 2.24) is 10.2 Å². The molecule has 2 amide bonds. The Kier molecular flexibility index (Phi) is 8.03. The summed E-state index contributed by atoms with van der Waals surface area (Å²) in [5.41, 5.74) is 4.18. The van der Waals surface area contributed by atoms with Crippen LogP contribution in [0.4, 0.5) is 0 Å². The normalized spacial score (nSPS) is 11.5. The molecule has 1 atom stereocenters. The monoisotopic (exact) mass is 430 g/mol. The lowest BCUT2D eigenvalue weighted by atomic mass is 10.0. The van der Waals surface area contributed by atoms with Gasteiger partial charge < -0.3 is 15.0 Å². The fraction of sp³-hybridized carbons (Fsp3) is 0.259. The SMILES string of the molecule is CNC(=O)[C@@H](Cc1ccccc1)N(Cc1cccc(C)c1)C(=O)COc1ccc(C)cc1. The third-order valence-corrected chi connectivity index (χ3v) is 5.34. The number of carbonyl (C=O) groups is 2. The number of benzene rings is 3. The highest BCUT2D eigenvalue weighted by molar-refractivity contribution is 5.88. The molecule has 0 saturated carbocycles. The third kappa shape index (κ3) is 6.45. The van der Waals surface area contributed by atoms with Gasteiger partial charge in [0.05, 0.1) is 0 Å². The number of nitrogens with one attached hydrogen (secondary N) is 1. The molecule has 0 spiro atoms. The van der Waals surface area contributed by atoms with Gasteiger partial charge in [0, 0.05) is 20.0 Å². The molecule has 0 aliphatic rings. The van der Waals surface area contributed by atoms with E-state index in [9.17, 15) is 9.59 Å². The summed E-state index contributed by atoms with van der Waals surface area (Å²) in [7, 11) is 1.60. The molecule has 0 saturated heterocycles. The van der Waals surface area contributed by atoms with Gasteiger partial charge in [-0.25, -0.2) is 0 Å². The van der Waals surface area contributed by atoms with Crippen LogP contribution in [0.3, 0.4) is 0 Å². The first kappa shape index (κ1) is 23.1. The number of hydrogen-bond donors (Lipinski definition) is 1. The lowest BCUT2D eigenvalue weighted by Gasteiger charge is -2.31. The molecule has 32 heavy (non-hydrogen) atoms. The van der Waals surface area contributed by atoms with Gasteiger partial charge in [0.25, 0.3) is 5.91 Å². The van der Waals surface area contributed by atoms with Crippen LogP contribution in [0, 0.1) is 13.8 Å². The molecule has 0 aromatic heterocycles. The zero-order chi connectivity index (χ0) is 22.9. The molecule has 0 radical (unpaired) electrons. The minimum atomic E-state index is -0.656. The molecule has 0 aliphatic heterocycles. The van der Waals surface area contributed by atoms with Crippen LogP contribution in [0.1, 0.15) is 22.3 Å². The first-order chi connectivity index (χ1) is 15.5. The maximum atomic E-state index is 13.3. The van der Waals surface area contributed by atoms with Crippen LogP contribution in [0.25, 0.3) is 0 Å². The highest BCUT2D eigenvalue weighted by atomic mass is 16.5. The molecule has 5 nitrogen and oxygen atoms in total. The Morgan fingerprint density at radius 3 is 2.22 bits per heavy atom. The van der Waals surface area contributed by atoms with Crippen molar-refractivity contribution in [3.8, 4) is 5.75 Å². The Labute approximate surface area is 190 Å². The summed E-state index contributed by atoms with van der Waals surface area (Å²) in [5, 5.41) is 2.72. The summed E-state index contributed by atoms with van der Waals surface area (Å²) in [5.74, 6) is 0.181. The van der Waals surface area contributed by atoms with E-state index >= 15 is 0 Å². The molecular formula is C27H30N2O3. The van der Waals surface area contributed by atoms with E-state index in [4.69, 9.17) is 4.74 Å². The second-order valence-corrected chi connectivity index (χ2v) is 7.93. The lowest BCUT2D eigenvalue weighted by Crippen LogP contribution is -2.51. The van der Waals surface area contributed by atoms with Crippen molar-refractivity contribution in [2.45, 2.75) is 32.9 Å². The molecule has 0 unspecified atom stereocenters. The van der Waals surface area contributed by atoms with E-state index in [-0.39, 0.29) is 18.4 Å². The average Bonchev–Trinajstić information content (AvgIpc) is 2.81. The first-order valence-corrected chi connectivity index (χ1v) is 10.8. The standard InChI is InChI=1S/C27H30N2O3/c1-20-12-14-24(15-13-20)32-19-26(30)29(18-23-11-7-8-21(2)16-23)25(27(31)28-3)17-22-9-5-4-6-10-22/h4-16,25H,17-19H2,1-3H3,(H,28,31)/t25-/m1/s1. The van der Waals surface area contributed by atoms with Crippen LogP contribution in [0.2, 0.25) is 0 Å². The van der Waals surface area contributed by atoms with Crippen LogP contribution < -0.4 is 10.1 Å². The minimum absolute atomic E-state index is 0.142. The summed E-state index contributed by atoms with van der Waals surface area (Å²) >= 11 is 0. The topological polar surface area (TPSA) is 58.6 Å². The second kappa shape index (κ2) is 11.1. The van der Waals surface area contributed by atoms with Gasteiger partial charge in [-0.3, -0.25) is 9.59 Å². The molecule has 3 aromatic carbocycles. The van der Waals surface area contributed by atoms with E-state index in [2.05, 4.69) is 5.32 Å². The molecule has 3 rings (SSSR count). The Bertz CT molecular complexity index is 1030.